The molecule has 0 radical (unpaired) electrons. The van der Waals surface area contributed by atoms with Crippen molar-refractivity contribution in [2.45, 2.75) is 64.0 Å². The molecule has 0 saturated carbocycles. The first-order valence-electron chi connectivity index (χ1n) is 13.7. The van der Waals surface area contributed by atoms with Crippen LogP contribution in [0.3, 0.4) is 0 Å². The highest BCUT2D eigenvalue weighted by molar-refractivity contribution is 7.90. The Morgan fingerprint density at radius 2 is 1.60 bits per heavy atom. The fourth-order valence-corrected chi connectivity index (χ4v) is 5.69. The average molecular weight is 608 g/mol. The van der Waals surface area contributed by atoms with Crippen LogP contribution in [0, 0.1) is 0 Å². The maximum Gasteiger partial charge on any atom is 0.339 e. The standard InChI is InChI=1S/C32H34ClN3O5S/c1-5-6-16-27-34-29(33)28(30(37)35-42(39,40)24-12-8-7-9-13-24)36(27)21-22-17-19-23(20-18-22)25-14-10-11-15-26(25)31(38)41-32(2,3)4/h7-15,17-20H,5-6,16,21H2,1-4H3,(H,35,37). The number of carbonyl (C=O) groups excluding carboxylic acids is 2. The van der Waals surface area contributed by atoms with E-state index in [1.165, 1.54) is 12.1 Å². The van der Waals surface area contributed by atoms with Gasteiger partial charge in [-0.3, -0.25) is 4.79 Å². The largest absolute Gasteiger partial charge is 0.456 e. The molecule has 3 aromatic carbocycles. The fraction of sp³-hybridized carbons (Fsp3) is 0.281. The number of ether oxygens (including phenoxy) is 1. The maximum atomic E-state index is 13.3. The molecule has 42 heavy (non-hydrogen) atoms. The number of esters is 1. The van der Waals surface area contributed by atoms with Gasteiger partial charge in [0.1, 0.15) is 17.1 Å². The molecule has 10 heteroatoms. The molecule has 0 aliphatic rings. The number of carbonyl (C=O) groups is 2. The average Bonchev–Trinajstić information content (AvgIpc) is 3.26. The first-order valence-corrected chi connectivity index (χ1v) is 15.5. The second-order valence-corrected chi connectivity index (χ2v) is 12.9. The Morgan fingerprint density at radius 1 is 0.952 bits per heavy atom. The fourth-order valence-electron chi connectivity index (χ4n) is 4.43. The van der Waals surface area contributed by atoms with Crippen LogP contribution >= 0.6 is 11.6 Å². The zero-order valence-electron chi connectivity index (χ0n) is 24.1. The minimum Gasteiger partial charge on any atom is -0.456 e. The number of aromatic nitrogens is 2. The van der Waals surface area contributed by atoms with Gasteiger partial charge in [0.2, 0.25) is 0 Å². The van der Waals surface area contributed by atoms with Gasteiger partial charge in [0.25, 0.3) is 15.9 Å². The van der Waals surface area contributed by atoms with Crippen molar-refractivity contribution < 1.29 is 22.7 Å². The number of amides is 1. The third kappa shape index (κ3) is 7.46. The van der Waals surface area contributed by atoms with Gasteiger partial charge >= 0.3 is 5.97 Å². The van der Waals surface area contributed by atoms with Crippen LogP contribution in [-0.4, -0.2) is 35.4 Å². The quantitative estimate of drug-likeness (QED) is 0.202. The van der Waals surface area contributed by atoms with E-state index in [0.717, 1.165) is 29.5 Å². The lowest BCUT2D eigenvalue weighted by Crippen LogP contribution is -2.32. The minimum atomic E-state index is -4.12. The number of hydrogen-bond donors (Lipinski definition) is 1. The van der Waals surface area contributed by atoms with Crippen molar-refractivity contribution in [3.63, 3.8) is 0 Å². The van der Waals surface area contributed by atoms with Gasteiger partial charge in [-0.25, -0.2) is 22.9 Å². The molecule has 0 fully saturated rings. The molecule has 0 aliphatic carbocycles. The Hall–Kier alpha value is -3.95. The van der Waals surface area contributed by atoms with E-state index in [-0.39, 0.29) is 22.3 Å². The molecule has 0 unspecified atom stereocenters. The molecule has 1 N–H and O–H groups in total. The molecule has 4 rings (SSSR count). The summed E-state index contributed by atoms with van der Waals surface area (Å²) in [6.45, 7) is 7.75. The van der Waals surface area contributed by atoms with Gasteiger partial charge < -0.3 is 9.30 Å². The van der Waals surface area contributed by atoms with Crippen LogP contribution in [0.1, 0.15) is 72.8 Å². The lowest BCUT2D eigenvalue weighted by molar-refractivity contribution is 0.00703. The number of halogens is 1. The van der Waals surface area contributed by atoms with Crippen LogP contribution in [0.15, 0.2) is 83.8 Å². The normalized spacial score (nSPS) is 11.7. The highest BCUT2D eigenvalue weighted by Gasteiger charge is 2.27. The molecule has 0 atom stereocenters. The molecular weight excluding hydrogens is 574 g/mol. The Bertz CT molecular complexity index is 1680. The van der Waals surface area contributed by atoms with Crippen LogP contribution in [0.4, 0.5) is 0 Å². The molecular formula is C32H34ClN3O5S. The Morgan fingerprint density at radius 3 is 2.24 bits per heavy atom. The van der Waals surface area contributed by atoms with Crippen LogP contribution < -0.4 is 4.72 Å². The van der Waals surface area contributed by atoms with Crippen LogP contribution in [0.2, 0.25) is 5.15 Å². The Kier molecular flexibility index (Phi) is 9.53. The molecule has 1 heterocycles. The summed E-state index contributed by atoms with van der Waals surface area (Å²) < 4.78 is 35.1. The first kappa shape index (κ1) is 31.0. The van der Waals surface area contributed by atoms with E-state index in [1.54, 1.807) is 34.9 Å². The molecule has 0 saturated heterocycles. The molecule has 8 nitrogen and oxygen atoms in total. The van der Waals surface area contributed by atoms with Crippen molar-refractivity contribution in [2.75, 3.05) is 0 Å². The minimum absolute atomic E-state index is 0.0263. The van der Waals surface area contributed by atoms with Crippen molar-refractivity contribution in [2.24, 2.45) is 0 Å². The summed E-state index contributed by atoms with van der Waals surface area (Å²) in [5.41, 5.74) is 2.20. The summed E-state index contributed by atoms with van der Waals surface area (Å²) in [7, 11) is -4.12. The Balaban J connectivity index is 1.64. The number of imidazole rings is 1. The van der Waals surface area contributed by atoms with E-state index in [0.29, 0.717) is 17.8 Å². The lowest BCUT2D eigenvalue weighted by atomic mass is 9.98. The summed E-state index contributed by atoms with van der Waals surface area (Å²) in [5.74, 6) is -0.678. The smallest absolute Gasteiger partial charge is 0.339 e. The summed E-state index contributed by atoms with van der Waals surface area (Å²) >= 11 is 6.43. The number of hydrogen-bond acceptors (Lipinski definition) is 6. The topological polar surface area (TPSA) is 107 Å². The molecule has 220 valence electrons. The molecule has 1 amide bonds. The maximum absolute atomic E-state index is 13.3. The molecule has 0 aliphatic heterocycles. The SMILES string of the molecule is CCCCc1nc(Cl)c(C(=O)NS(=O)(=O)c2ccccc2)n1Cc1ccc(-c2ccccc2C(=O)OC(C)(C)C)cc1. The molecule has 4 aromatic rings. The van der Waals surface area contributed by atoms with E-state index < -0.39 is 27.5 Å². The van der Waals surface area contributed by atoms with Gasteiger partial charge in [-0.05, 0) is 62.1 Å². The third-order valence-electron chi connectivity index (χ3n) is 6.41. The number of sulfonamides is 1. The molecule has 1 aromatic heterocycles. The van der Waals surface area contributed by atoms with Gasteiger partial charge in [-0.1, -0.05) is 85.6 Å². The summed E-state index contributed by atoms with van der Waals surface area (Å²) in [6.07, 6.45) is 2.29. The summed E-state index contributed by atoms with van der Waals surface area (Å²) in [4.78, 5) is 30.5. The number of aryl methyl sites for hydroxylation is 1. The van der Waals surface area contributed by atoms with Crippen molar-refractivity contribution in [1.29, 1.82) is 0 Å². The zero-order chi connectivity index (χ0) is 30.5. The number of nitrogens with one attached hydrogen (secondary N) is 1. The summed E-state index contributed by atoms with van der Waals surface area (Å²) in [6, 6.07) is 22.5. The van der Waals surface area contributed by atoms with Gasteiger partial charge in [0.15, 0.2) is 5.15 Å². The predicted octanol–water partition coefficient (Wildman–Crippen LogP) is 6.67. The zero-order valence-corrected chi connectivity index (χ0v) is 25.6. The van der Waals surface area contributed by atoms with Crippen molar-refractivity contribution in [1.82, 2.24) is 14.3 Å². The summed E-state index contributed by atoms with van der Waals surface area (Å²) in [5, 5.41) is -0.0650. The van der Waals surface area contributed by atoms with Crippen LogP contribution in [0.25, 0.3) is 11.1 Å². The number of benzene rings is 3. The van der Waals surface area contributed by atoms with Crippen LogP contribution in [-0.2, 0) is 27.7 Å². The van der Waals surface area contributed by atoms with Gasteiger partial charge in [0, 0.05) is 13.0 Å². The van der Waals surface area contributed by atoms with E-state index in [9.17, 15) is 18.0 Å². The van der Waals surface area contributed by atoms with E-state index in [4.69, 9.17) is 16.3 Å². The van der Waals surface area contributed by atoms with E-state index in [1.807, 2.05) is 64.1 Å². The van der Waals surface area contributed by atoms with Crippen molar-refractivity contribution in [3.8, 4) is 11.1 Å². The second-order valence-electron chi connectivity index (χ2n) is 10.8. The monoisotopic (exact) mass is 607 g/mol. The predicted molar refractivity (Wildman–Crippen MR) is 163 cm³/mol. The number of unbranched alkanes of at least 4 members (excludes halogenated alkanes) is 1. The Labute approximate surface area is 251 Å². The van der Waals surface area contributed by atoms with Crippen molar-refractivity contribution >= 4 is 33.5 Å². The van der Waals surface area contributed by atoms with Crippen LogP contribution in [0.5, 0.6) is 0 Å². The van der Waals surface area contributed by atoms with Gasteiger partial charge in [0.05, 0.1) is 10.5 Å². The second kappa shape index (κ2) is 12.9. The third-order valence-corrected chi connectivity index (χ3v) is 8.02. The van der Waals surface area contributed by atoms with E-state index >= 15 is 0 Å². The highest BCUT2D eigenvalue weighted by Crippen LogP contribution is 2.27. The molecule has 0 spiro atoms. The van der Waals surface area contributed by atoms with E-state index in [2.05, 4.69) is 9.71 Å². The number of rotatable bonds is 10. The number of nitrogens with zero attached hydrogens (tertiary/aromatic N) is 2. The van der Waals surface area contributed by atoms with Gasteiger partial charge in [-0.2, -0.15) is 0 Å². The lowest BCUT2D eigenvalue weighted by Gasteiger charge is -2.20. The van der Waals surface area contributed by atoms with Gasteiger partial charge in [-0.15, -0.1) is 0 Å². The molecule has 0 bridgehead atoms. The highest BCUT2D eigenvalue weighted by atomic mass is 35.5. The van der Waals surface area contributed by atoms with Crippen molar-refractivity contribution in [3.05, 3.63) is 107 Å². The first-order chi connectivity index (χ1) is 19.9.